The van der Waals surface area contributed by atoms with Crippen molar-refractivity contribution in [3.63, 3.8) is 0 Å². The summed E-state index contributed by atoms with van der Waals surface area (Å²) in [6.45, 7) is 0. The number of rotatable bonds is 5. The Morgan fingerprint density at radius 2 is 1.88 bits per heavy atom. The average Bonchev–Trinajstić information content (AvgIpc) is 3.10. The quantitative estimate of drug-likeness (QED) is 0.904. The number of methoxy groups -OCH3 is 2. The second-order valence-corrected chi connectivity index (χ2v) is 5.80. The molecule has 0 bridgehead atoms. The third-order valence-corrected chi connectivity index (χ3v) is 4.26. The van der Waals surface area contributed by atoms with Crippen molar-refractivity contribution >= 4 is 11.9 Å². The van der Waals surface area contributed by atoms with Crippen LogP contribution in [0.5, 0.6) is 11.5 Å². The average molecular weight is 331 g/mol. The van der Waals surface area contributed by atoms with Crippen molar-refractivity contribution in [2.45, 2.75) is 38.0 Å². The Hall–Kier alpha value is -2.57. The first-order valence-electron chi connectivity index (χ1n) is 8.08. The van der Waals surface area contributed by atoms with Gasteiger partial charge in [0, 0.05) is 11.5 Å². The summed E-state index contributed by atoms with van der Waals surface area (Å²) >= 11 is 0. The number of nitrogens with one attached hydrogen (secondary N) is 1. The maximum atomic E-state index is 12.3. The van der Waals surface area contributed by atoms with E-state index in [0.717, 1.165) is 12.8 Å². The molecule has 1 aliphatic carbocycles. The Morgan fingerprint density at radius 1 is 1.12 bits per heavy atom. The monoisotopic (exact) mass is 331 g/mol. The number of nitrogens with zero attached hydrogens (tertiary/aromatic N) is 2. The molecule has 0 saturated heterocycles. The Labute approximate surface area is 140 Å². The van der Waals surface area contributed by atoms with Crippen LogP contribution >= 0.6 is 0 Å². The van der Waals surface area contributed by atoms with Crippen molar-refractivity contribution in [1.82, 2.24) is 10.2 Å². The summed E-state index contributed by atoms with van der Waals surface area (Å²) in [5.74, 6) is 1.62. The van der Waals surface area contributed by atoms with E-state index in [2.05, 4.69) is 15.5 Å². The van der Waals surface area contributed by atoms with E-state index in [0.29, 0.717) is 28.9 Å². The molecule has 1 aliphatic rings. The molecule has 24 heavy (non-hydrogen) atoms. The SMILES string of the molecule is COc1ccc(C(=O)Nc2nnc(C3CCCCC3)o2)cc1OC. The molecule has 1 amide bonds. The number of hydrogen-bond donors (Lipinski definition) is 1. The van der Waals surface area contributed by atoms with Crippen LogP contribution in [0, 0.1) is 0 Å². The summed E-state index contributed by atoms with van der Waals surface area (Å²) in [5.41, 5.74) is 0.421. The summed E-state index contributed by atoms with van der Waals surface area (Å²) in [7, 11) is 3.07. The van der Waals surface area contributed by atoms with Crippen molar-refractivity contribution in [2.75, 3.05) is 19.5 Å². The smallest absolute Gasteiger partial charge is 0.322 e. The molecule has 1 saturated carbocycles. The fraction of sp³-hybridized carbons (Fsp3) is 0.471. The van der Waals surface area contributed by atoms with Gasteiger partial charge in [0.15, 0.2) is 11.5 Å². The van der Waals surface area contributed by atoms with Crippen molar-refractivity contribution in [3.8, 4) is 11.5 Å². The number of aromatic nitrogens is 2. The molecule has 128 valence electrons. The van der Waals surface area contributed by atoms with Gasteiger partial charge in [-0.1, -0.05) is 24.4 Å². The van der Waals surface area contributed by atoms with Gasteiger partial charge in [0.1, 0.15) is 0 Å². The van der Waals surface area contributed by atoms with Crippen LogP contribution in [0.4, 0.5) is 6.01 Å². The first-order chi connectivity index (χ1) is 11.7. The van der Waals surface area contributed by atoms with E-state index in [4.69, 9.17) is 13.9 Å². The molecule has 1 aromatic heterocycles. The molecule has 0 radical (unpaired) electrons. The van der Waals surface area contributed by atoms with E-state index in [1.165, 1.54) is 26.4 Å². The molecule has 0 unspecified atom stereocenters. The van der Waals surface area contributed by atoms with E-state index in [-0.39, 0.29) is 11.9 Å². The van der Waals surface area contributed by atoms with Gasteiger partial charge in [-0.05, 0) is 31.0 Å². The predicted octanol–water partition coefficient (Wildman–Crippen LogP) is 3.39. The summed E-state index contributed by atoms with van der Waals surface area (Å²) in [4.78, 5) is 12.3. The van der Waals surface area contributed by atoms with Gasteiger partial charge in [0.25, 0.3) is 5.91 Å². The molecule has 2 aromatic rings. The number of amides is 1. The number of carbonyl (C=O) groups is 1. The minimum Gasteiger partial charge on any atom is -0.493 e. The van der Waals surface area contributed by atoms with E-state index in [1.54, 1.807) is 25.3 Å². The fourth-order valence-corrected chi connectivity index (χ4v) is 2.95. The van der Waals surface area contributed by atoms with Gasteiger partial charge in [-0.3, -0.25) is 10.1 Å². The van der Waals surface area contributed by atoms with Gasteiger partial charge >= 0.3 is 6.01 Å². The summed E-state index contributed by atoms with van der Waals surface area (Å²) in [5, 5.41) is 10.6. The van der Waals surface area contributed by atoms with Gasteiger partial charge in [-0.25, -0.2) is 0 Å². The topological polar surface area (TPSA) is 86.5 Å². The molecule has 7 heteroatoms. The van der Waals surface area contributed by atoms with Crippen LogP contribution < -0.4 is 14.8 Å². The Bertz CT molecular complexity index is 708. The molecule has 1 aromatic carbocycles. The van der Waals surface area contributed by atoms with E-state index in [9.17, 15) is 4.79 Å². The molecule has 0 atom stereocenters. The van der Waals surface area contributed by atoms with Crippen LogP contribution in [0.25, 0.3) is 0 Å². The zero-order valence-electron chi connectivity index (χ0n) is 13.9. The molecule has 1 N–H and O–H groups in total. The fourth-order valence-electron chi connectivity index (χ4n) is 2.95. The highest BCUT2D eigenvalue weighted by Gasteiger charge is 2.22. The van der Waals surface area contributed by atoms with E-state index >= 15 is 0 Å². The van der Waals surface area contributed by atoms with Crippen LogP contribution in [0.1, 0.15) is 54.3 Å². The molecular formula is C17H21N3O4. The molecule has 7 nitrogen and oxygen atoms in total. The maximum absolute atomic E-state index is 12.3. The molecule has 1 heterocycles. The minimum atomic E-state index is -0.338. The Balaban J connectivity index is 1.69. The second kappa shape index (κ2) is 7.33. The maximum Gasteiger partial charge on any atom is 0.322 e. The Morgan fingerprint density at radius 3 is 2.58 bits per heavy atom. The van der Waals surface area contributed by atoms with Crippen molar-refractivity contribution < 1.29 is 18.7 Å². The number of carbonyl (C=O) groups excluding carboxylic acids is 1. The molecular weight excluding hydrogens is 310 g/mol. The standard InChI is InChI=1S/C17H21N3O4/c1-22-13-9-8-12(10-14(13)23-2)15(21)18-17-20-19-16(24-17)11-6-4-3-5-7-11/h8-11H,3-7H2,1-2H3,(H,18,20,21). The first kappa shape index (κ1) is 16.3. The summed E-state index contributed by atoms with van der Waals surface area (Å²) in [6, 6.07) is 5.05. The number of ether oxygens (including phenoxy) is 2. The predicted molar refractivity (Wildman–Crippen MR) is 87.6 cm³/mol. The van der Waals surface area contributed by atoms with Crippen molar-refractivity contribution in [3.05, 3.63) is 29.7 Å². The summed E-state index contributed by atoms with van der Waals surface area (Å²) < 4.78 is 16.0. The lowest BCUT2D eigenvalue weighted by Gasteiger charge is -2.17. The van der Waals surface area contributed by atoms with Gasteiger partial charge < -0.3 is 13.9 Å². The zero-order valence-corrected chi connectivity index (χ0v) is 13.9. The normalized spacial score (nSPS) is 15.1. The molecule has 0 aliphatic heterocycles. The number of hydrogen-bond acceptors (Lipinski definition) is 6. The van der Waals surface area contributed by atoms with E-state index < -0.39 is 0 Å². The third kappa shape index (κ3) is 3.50. The van der Waals surface area contributed by atoms with Crippen LogP contribution in [0.2, 0.25) is 0 Å². The minimum absolute atomic E-state index is 0.121. The zero-order chi connectivity index (χ0) is 16.9. The van der Waals surface area contributed by atoms with Crippen LogP contribution in [-0.4, -0.2) is 30.3 Å². The van der Waals surface area contributed by atoms with Crippen LogP contribution in [0.15, 0.2) is 22.6 Å². The molecule has 1 fully saturated rings. The van der Waals surface area contributed by atoms with Crippen LogP contribution in [-0.2, 0) is 0 Å². The van der Waals surface area contributed by atoms with E-state index in [1.807, 2.05) is 0 Å². The van der Waals surface area contributed by atoms with Gasteiger partial charge in [0.05, 0.1) is 14.2 Å². The van der Waals surface area contributed by atoms with Gasteiger partial charge in [-0.15, -0.1) is 5.10 Å². The van der Waals surface area contributed by atoms with Crippen LogP contribution in [0.3, 0.4) is 0 Å². The summed E-state index contributed by atoms with van der Waals surface area (Å²) in [6.07, 6.45) is 5.74. The van der Waals surface area contributed by atoms with Gasteiger partial charge in [0.2, 0.25) is 5.89 Å². The highest BCUT2D eigenvalue weighted by Crippen LogP contribution is 2.32. The van der Waals surface area contributed by atoms with Crippen molar-refractivity contribution in [2.24, 2.45) is 0 Å². The highest BCUT2D eigenvalue weighted by atomic mass is 16.5. The molecule has 3 rings (SSSR count). The third-order valence-electron chi connectivity index (χ3n) is 4.26. The lowest BCUT2D eigenvalue weighted by molar-refractivity contribution is 0.102. The van der Waals surface area contributed by atoms with Gasteiger partial charge in [-0.2, -0.15) is 0 Å². The largest absolute Gasteiger partial charge is 0.493 e. The lowest BCUT2D eigenvalue weighted by Crippen LogP contribution is -2.12. The first-order valence-corrected chi connectivity index (χ1v) is 8.08. The number of anilines is 1. The highest BCUT2D eigenvalue weighted by molar-refractivity contribution is 6.03. The van der Waals surface area contributed by atoms with Crippen molar-refractivity contribution in [1.29, 1.82) is 0 Å². The Kier molecular flexibility index (Phi) is 4.98. The lowest BCUT2D eigenvalue weighted by atomic mass is 9.89. The second-order valence-electron chi connectivity index (χ2n) is 5.80. The molecule has 0 spiro atoms. The number of benzene rings is 1.